The van der Waals surface area contributed by atoms with E-state index in [4.69, 9.17) is 0 Å². The first kappa shape index (κ1) is 14.3. The van der Waals surface area contributed by atoms with Crippen LogP contribution in [0.5, 0.6) is 0 Å². The molecule has 1 aromatic carbocycles. The standard InChI is InChI=1S/C17H22N6/c1-5-18-17(19-6-1)23-10-8-22(9-11-23)7-4-14-2-3-15-16(12-14)21-13-20-15/h1-3,5-6,12,20-21H,4,7-11,13H2. The molecule has 2 aliphatic heterocycles. The Morgan fingerprint density at radius 1 is 0.957 bits per heavy atom. The summed E-state index contributed by atoms with van der Waals surface area (Å²) in [6, 6.07) is 8.53. The van der Waals surface area contributed by atoms with Crippen molar-refractivity contribution < 1.29 is 0 Å². The number of piperazine rings is 1. The maximum atomic E-state index is 4.34. The minimum Gasteiger partial charge on any atom is -0.366 e. The van der Waals surface area contributed by atoms with Gasteiger partial charge in [-0.15, -0.1) is 0 Å². The second kappa shape index (κ2) is 6.42. The Morgan fingerprint density at radius 3 is 2.57 bits per heavy atom. The van der Waals surface area contributed by atoms with Crippen LogP contribution in [0.25, 0.3) is 0 Å². The van der Waals surface area contributed by atoms with E-state index in [0.29, 0.717) is 0 Å². The molecular formula is C17H22N6. The van der Waals surface area contributed by atoms with E-state index in [2.05, 4.69) is 48.6 Å². The molecule has 0 aliphatic carbocycles. The zero-order valence-corrected chi connectivity index (χ0v) is 13.2. The molecule has 1 fully saturated rings. The summed E-state index contributed by atoms with van der Waals surface area (Å²) in [4.78, 5) is 13.5. The quantitative estimate of drug-likeness (QED) is 0.895. The molecule has 2 aromatic rings. The van der Waals surface area contributed by atoms with Gasteiger partial charge < -0.3 is 15.5 Å². The fourth-order valence-electron chi connectivity index (χ4n) is 3.20. The lowest BCUT2D eigenvalue weighted by atomic mass is 10.1. The first-order valence-corrected chi connectivity index (χ1v) is 8.23. The number of fused-ring (bicyclic) bond motifs is 1. The number of nitrogens with zero attached hydrogens (tertiary/aromatic N) is 4. The third kappa shape index (κ3) is 3.22. The summed E-state index contributed by atoms with van der Waals surface area (Å²) in [5.41, 5.74) is 3.84. The fraction of sp³-hybridized carbons (Fsp3) is 0.412. The lowest BCUT2D eigenvalue weighted by Gasteiger charge is -2.34. The van der Waals surface area contributed by atoms with Crippen molar-refractivity contribution in [3.8, 4) is 0 Å². The van der Waals surface area contributed by atoms with Crippen molar-refractivity contribution in [3.05, 3.63) is 42.2 Å². The Labute approximate surface area is 136 Å². The molecule has 3 heterocycles. The Morgan fingerprint density at radius 2 is 1.74 bits per heavy atom. The first-order chi connectivity index (χ1) is 11.4. The normalized spacial score (nSPS) is 17.5. The molecule has 0 unspecified atom stereocenters. The molecule has 23 heavy (non-hydrogen) atoms. The Balaban J connectivity index is 1.28. The molecular weight excluding hydrogens is 288 g/mol. The molecule has 0 atom stereocenters. The van der Waals surface area contributed by atoms with Crippen molar-refractivity contribution in [3.63, 3.8) is 0 Å². The van der Waals surface area contributed by atoms with E-state index < -0.39 is 0 Å². The molecule has 2 aliphatic rings. The van der Waals surface area contributed by atoms with E-state index >= 15 is 0 Å². The highest BCUT2D eigenvalue weighted by Crippen LogP contribution is 2.27. The molecule has 0 saturated carbocycles. The summed E-state index contributed by atoms with van der Waals surface area (Å²) < 4.78 is 0. The van der Waals surface area contributed by atoms with Gasteiger partial charge in [-0.25, -0.2) is 9.97 Å². The predicted molar refractivity (Wildman–Crippen MR) is 92.9 cm³/mol. The van der Waals surface area contributed by atoms with Crippen LogP contribution in [0.4, 0.5) is 17.3 Å². The minimum atomic E-state index is 0.836. The monoisotopic (exact) mass is 310 g/mol. The number of anilines is 3. The van der Waals surface area contributed by atoms with Gasteiger partial charge >= 0.3 is 0 Å². The number of rotatable bonds is 4. The molecule has 0 amide bonds. The molecule has 2 N–H and O–H groups in total. The predicted octanol–water partition coefficient (Wildman–Crippen LogP) is 1.64. The zero-order valence-electron chi connectivity index (χ0n) is 13.2. The van der Waals surface area contributed by atoms with Gasteiger partial charge in [0.25, 0.3) is 0 Å². The van der Waals surface area contributed by atoms with Gasteiger partial charge in [0.15, 0.2) is 0 Å². The zero-order chi connectivity index (χ0) is 15.5. The number of aromatic nitrogens is 2. The van der Waals surface area contributed by atoms with Crippen LogP contribution in [-0.4, -0.2) is 54.3 Å². The van der Waals surface area contributed by atoms with Crippen LogP contribution in [-0.2, 0) is 6.42 Å². The van der Waals surface area contributed by atoms with Gasteiger partial charge in [-0.05, 0) is 30.2 Å². The maximum absolute atomic E-state index is 4.34. The second-order valence-corrected chi connectivity index (χ2v) is 6.04. The average molecular weight is 310 g/mol. The van der Waals surface area contributed by atoms with Crippen LogP contribution < -0.4 is 15.5 Å². The highest BCUT2D eigenvalue weighted by molar-refractivity contribution is 5.73. The summed E-state index contributed by atoms with van der Waals surface area (Å²) in [6.45, 7) is 6.09. The van der Waals surface area contributed by atoms with Crippen molar-refractivity contribution in [1.82, 2.24) is 14.9 Å². The minimum absolute atomic E-state index is 0.836. The summed E-state index contributed by atoms with van der Waals surface area (Å²) in [6.07, 6.45) is 4.72. The summed E-state index contributed by atoms with van der Waals surface area (Å²) in [5, 5.41) is 6.67. The number of hydrogen-bond acceptors (Lipinski definition) is 6. The third-order valence-corrected chi connectivity index (χ3v) is 4.57. The van der Waals surface area contributed by atoms with Crippen LogP contribution in [0, 0.1) is 0 Å². The van der Waals surface area contributed by atoms with Crippen LogP contribution in [0.2, 0.25) is 0 Å². The van der Waals surface area contributed by atoms with Crippen molar-refractivity contribution in [1.29, 1.82) is 0 Å². The van der Waals surface area contributed by atoms with Gasteiger partial charge in [0.05, 0.1) is 18.0 Å². The summed E-state index contributed by atoms with van der Waals surface area (Å²) in [7, 11) is 0. The number of nitrogens with one attached hydrogen (secondary N) is 2. The van der Waals surface area contributed by atoms with Gasteiger partial charge in [0, 0.05) is 45.1 Å². The van der Waals surface area contributed by atoms with Gasteiger partial charge in [0.2, 0.25) is 5.95 Å². The second-order valence-electron chi connectivity index (χ2n) is 6.04. The molecule has 0 spiro atoms. The van der Waals surface area contributed by atoms with Crippen molar-refractivity contribution in [2.45, 2.75) is 6.42 Å². The van der Waals surface area contributed by atoms with Crippen molar-refractivity contribution in [2.75, 3.05) is 54.9 Å². The van der Waals surface area contributed by atoms with Gasteiger partial charge in [0.1, 0.15) is 0 Å². The van der Waals surface area contributed by atoms with Crippen LogP contribution >= 0.6 is 0 Å². The maximum Gasteiger partial charge on any atom is 0.225 e. The molecule has 4 rings (SSSR count). The van der Waals surface area contributed by atoms with Gasteiger partial charge in [-0.3, -0.25) is 4.90 Å². The Bertz CT molecular complexity index is 651. The average Bonchev–Trinajstić information content (AvgIpc) is 3.09. The largest absolute Gasteiger partial charge is 0.366 e. The smallest absolute Gasteiger partial charge is 0.225 e. The number of hydrogen-bond donors (Lipinski definition) is 2. The molecule has 1 aromatic heterocycles. The molecule has 6 nitrogen and oxygen atoms in total. The van der Waals surface area contributed by atoms with E-state index in [9.17, 15) is 0 Å². The van der Waals surface area contributed by atoms with Gasteiger partial charge in [-0.1, -0.05) is 6.07 Å². The van der Waals surface area contributed by atoms with E-state index in [-0.39, 0.29) is 0 Å². The highest BCUT2D eigenvalue weighted by Gasteiger charge is 2.18. The van der Waals surface area contributed by atoms with E-state index in [1.807, 2.05) is 18.5 Å². The fourth-order valence-corrected chi connectivity index (χ4v) is 3.20. The molecule has 1 saturated heterocycles. The summed E-state index contributed by atoms with van der Waals surface area (Å²) in [5.74, 6) is 0.851. The Kier molecular flexibility index (Phi) is 3.98. The molecule has 0 radical (unpaired) electrons. The van der Waals surface area contributed by atoms with Crippen LogP contribution in [0.3, 0.4) is 0 Å². The van der Waals surface area contributed by atoms with Crippen molar-refractivity contribution in [2.24, 2.45) is 0 Å². The first-order valence-electron chi connectivity index (χ1n) is 8.23. The molecule has 120 valence electrons. The van der Waals surface area contributed by atoms with Crippen LogP contribution in [0.1, 0.15) is 5.56 Å². The lowest BCUT2D eigenvalue weighted by molar-refractivity contribution is 0.260. The topological polar surface area (TPSA) is 56.3 Å². The van der Waals surface area contributed by atoms with Crippen molar-refractivity contribution >= 4 is 17.3 Å². The highest BCUT2D eigenvalue weighted by atomic mass is 15.3. The number of benzene rings is 1. The molecule has 0 bridgehead atoms. The van der Waals surface area contributed by atoms with E-state index in [1.165, 1.54) is 16.9 Å². The SMILES string of the molecule is c1cnc(N2CCN(CCc3ccc4c(c3)NCN4)CC2)nc1. The van der Waals surface area contributed by atoms with E-state index in [0.717, 1.165) is 51.8 Å². The lowest BCUT2D eigenvalue weighted by Crippen LogP contribution is -2.47. The summed E-state index contributed by atoms with van der Waals surface area (Å²) >= 11 is 0. The third-order valence-electron chi connectivity index (χ3n) is 4.57. The van der Waals surface area contributed by atoms with E-state index in [1.54, 1.807) is 0 Å². The molecule has 6 heteroatoms. The van der Waals surface area contributed by atoms with Gasteiger partial charge in [-0.2, -0.15) is 0 Å². The van der Waals surface area contributed by atoms with Crippen LogP contribution in [0.15, 0.2) is 36.7 Å². The Hall–Kier alpha value is -2.34.